The molecule has 0 saturated carbocycles. The summed E-state index contributed by atoms with van der Waals surface area (Å²) in [6, 6.07) is 2.01. The molecule has 0 aliphatic rings. The lowest BCUT2D eigenvalue weighted by molar-refractivity contribution is 0.233. The van der Waals surface area contributed by atoms with Crippen LogP contribution in [0, 0.1) is 11.3 Å². The molecule has 0 saturated heterocycles. The van der Waals surface area contributed by atoms with Crippen LogP contribution in [-0.2, 0) is 12.4 Å². The number of hydrogen-bond acceptors (Lipinski definition) is 2. The van der Waals surface area contributed by atoms with Gasteiger partial charge in [0.05, 0.1) is 17.6 Å². The molecule has 0 fully saturated rings. The first-order valence-electron chi connectivity index (χ1n) is 6.28. The molecule has 0 bridgehead atoms. The number of nitrogens with zero attached hydrogens (tertiary/aromatic N) is 3. The number of imidazole rings is 1. The fraction of sp³-hybridized carbons (Fsp3) is 0.571. The van der Waals surface area contributed by atoms with Crippen molar-refractivity contribution in [3.05, 3.63) is 24.3 Å². The monoisotopic (exact) mass is 265 g/mol. The van der Waals surface area contributed by atoms with Gasteiger partial charge in [-0.25, -0.2) is 4.98 Å². The maximum atomic E-state index is 6.00. The van der Waals surface area contributed by atoms with Gasteiger partial charge in [-0.05, 0) is 17.4 Å². The Labute approximate surface area is 113 Å². The summed E-state index contributed by atoms with van der Waals surface area (Å²) in [5, 5.41) is 0. The molecule has 0 radical (unpaired) electrons. The molecule has 4 heteroatoms. The van der Waals surface area contributed by atoms with Crippen molar-refractivity contribution in [1.29, 1.82) is 0 Å². The normalized spacial score (nSPS) is 14.1. The molecule has 1 atom stereocenters. The molecule has 2 aromatic rings. The van der Waals surface area contributed by atoms with Gasteiger partial charge in [0, 0.05) is 12.7 Å². The fourth-order valence-electron chi connectivity index (χ4n) is 1.89. The van der Waals surface area contributed by atoms with Crippen LogP contribution in [0.2, 0.25) is 0 Å². The van der Waals surface area contributed by atoms with Gasteiger partial charge in [0.1, 0.15) is 11.3 Å². The average Bonchev–Trinajstić information content (AvgIpc) is 2.66. The number of hydrogen-bond donors (Lipinski definition) is 0. The van der Waals surface area contributed by atoms with Crippen molar-refractivity contribution in [3.63, 3.8) is 0 Å². The summed E-state index contributed by atoms with van der Waals surface area (Å²) >= 11 is 6.00. The lowest BCUT2D eigenvalue weighted by Crippen LogP contribution is -2.23. The highest BCUT2D eigenvalue weighted by molar-refractivity contribution is 6.16. The molecule has 2 heterocycles. The Balaban J connectivity index is 2.43. The predicted octanol–water partition coefficient (Wildman–Crippen LogP) is 3.85. The van der Waals surface area contributed by atoms with Crippen molar-refractivity contribution >= 4 is 22.6 Å². The molecular formula is C14H20ClN3. The van der Waals surface area contributed by atoms with Crippen LogP contribution < -0.4 is 0 Å². The average molecular weight is 266 g/mol. The number of halogens is 1. The number of alkyl halides is 1. The molecule has 0 amide bonds. The molecule has 1 unspecified atom stereocenters. The highest BCUT2D eigenvalue weighted by Crippen LogP contribution is 2.28. The van der Waals surface area contributed by atoms with E-state index >= 15 is 0 Å². The predicted molar refractivity (Wildman–Crippen MR) is 75.7 cm³/mol. The summed E-state index contributed by atoms with van der Waals surface area (Å²) in [4.78, 5) is 8.65. The molecule has 2 aromatic heterocycles. The maximum absolute atomic E-state index is 6.00. The first-order chi connectivity index (χ1) is 8.43. The third-order valence-electron chi connectivity index (χ3n) is 3.68. The summed E-state index contributed by atoms with van der Waals surface area (Å²) in [7, 11) is 0. The van der Waals surface area contributed by atoms with E-state index in [1.54, 1.807) is 12.4 Å². The fourth-order valence-corrected chi connectivity index (χ4v) is 2.09. The lowest BCUT2D eigenvalue weighted by Gasteiger charge is -2.28. The highest BCUT2D eigenvalue weighted by Gasteiger charge is 2.22. The van der Waals surface area contributed by atoms with Gasteiger partial charge < -0.3 is 4.57 Å². The Hall–Kier alpha value is -1.09. The maximum Gasteiger partial charge on any atom is 0.124 e. The van der Waals surface area contributed by atoms with Crippen LogP contribution in [0.1, 0.15) is 33.5 Å². The van der Waals surface area contributed by atoms with Gasteiger partial charge in [0.25, 0.3) is 0 Å². The standard InChI is InChI=1S/C14H20ClN3/c1-10(14(2,3)4)9-18-12-5-6-16-8-11(12)17-13(18)7-15/h5-6,8,10H,7,9H2,1-4H3. The summed E-state index contributed by atoms with van der Waals surface area (Å²) in [5.41, 5.74) is 2.32. The molecule has 0 aromatic carbocycles. The van der Waals surface area contributed by atoms with Gasteiger partial charge >= 0.3 is 0 Å². The van der Waals surface area contributed by atoms with Crippen molar-refractivity contribution in [3.8, 4) is 0 Å². The van der Waals surface area contributed by atoms with Gasteiger partial charge in [0.15, 0.2) is 0 Å². The van der Waals surface area contributed by atoms with E-state index in [1.807, 2.05) is 6.07 Å². The molecule has 0 aliphatic heterocycles. The second-order valence-electron chi connectivity index (χ2n) is 5.90. The van der Waals surface area contributed by atoms with E-state index in [2.05, 4.69) is 42.2 Å². The van der Waals surface area contributed by atoms with E-state index in [0.717, 1.165) is 23.4 Å². The zero-order chi connectivity index (χ0) is 13.3. The number of pyridine rings is 1. The highest BCUT2D eigenvalue weighted by atomic mass is 35.5. The smallest absolute Gasteiger partial charge is 0.124 e. The second kappa shape index (κ2) is 4.88. The van der Waals surface area contributed by atoms with Crippen molar-refractivity contribution in [1.82, 2.24) is 14.5 Å². The van der Waals surface area contributed by atoms with Crippen LogP contribution in [0.4, 0.5) is 0 Å². The Morgan fingerprint density at radius 3 is 2.72 bits per heavy atom. The van der Waals surface area contributed by atoms with Gasteiger partial charge in [-0.1, -0.05) is 27.7 Å². The summed E-state index contributed by atoms with van der Waals surface area (Å²) in [6.07, 6.45) is 3.60. The summed E-state index contributed by atoms with van der Waals surface area (Å²) in [5.74, 6) is 1.91. The molecule has 3 nitrogen and oxygen atoms in total. The molecule has 2 rings (SSSR count). The van der Waals surface area contributed by atoms with E-state index in [0.29, 0.717) is 11.8 Å². The number of aromatic nitrogens is 3. The molecule has 98 valence electrons. The van der Waals surface area contributed by atoms with Gasteiger partial charge in [-0.2, -0.15) is 0 Å². The minimum Gasteiger partial charge on any atom is -0.327 e. The van der Waals surface area contributed by atoms with Crippen LogP contribution in [-0.4, -0.2) is 14.5 Å². The van der Waals surface area contributed by atoms with Crippen molar-refractivity contribution in [2.75, 3.05) is 0 Å². The van der Waals surface area contributed by atoms with E-state index in [4.69, 9.17) is 11.6 Å². The molecule has 0 aliphatic carbocycles. The van der Waals surface area contributed by atoms with E-state index < -0.39 is 0 Å². The van der Waals surface area contributed by atoms with Crippen LogP contribution in [0.15, 0.2) is 18.5 Å². The minimum absolute atomic E-state index is 0.271. The quantitative estimate of drug-likeness (QED) is 0.789. The number of rotatable bonds is 3. The molecule has 0 spiro atoms. The van der Waals surface area contributed by atoms with Crippen molar-refractivity contribution in [2.24, 2.45) is 11.3 Å². The third kappa shape index (κ3) is 2.51. The molecule has 0 N–H and O–H groups in total. The lowest BCUT2D eigenvalue weighted by atomic mass is 9.82. The summed E-state index contributed by atoms with van der Waals surface area (Å²) in [6.45, 7) is 9.99. The van der Waals surface area contributed by atoms with Crippen LogP contribution in [0.25, 0.3) is 11.0 Å². The molecular weight excluding hydrogens is 246 g/mol. The van der Waals surface area contributed by atoms with Gasteiger partial charge in [0.2, 0.25) is 0 Å². The van der Waals surface area contributed by atoms with Crippen LogP contribution >= 0.6 is 11.6 Å². The molecule has 18 heavy (non-hydrogen) atoms. The second-order valence-corrected chi connectivity index (χ2v) is 6.17. The summed E-state index contributed by atoms with van der Waals surface area (Å²) < 4.78 is 2.22. The zero-order valence-electron chi connectivity index (χ0n) is 11.4. The largest absolute Gasteiger partial charge is 0.327 e. The van der Waals surface area contributed by atoms with Crippen molar-refractivity contribution < 1.29 is 0 Å². The minimum atomic E-state index is 0.271. The van der Waals surface area contributed by atoms with E-state index in [1.165, 1.54) is 0 Å². The Kier molecular flexibility index (Phi) is 3.62. The van der Waals surface area contributed by atoms with Gasteiger partial charge in [-0.3, -0.25) is 4.98 Å². The number of fused-ring (bicyclic) bond motifs is 1. The zero-order valence-corrected chi connectivity index (χ0v) is 12.2. The van der Waals surface area contributed by atoms with E-state index in [-0.39, 0.29) is 5.41 Å². The first kappa shape index (κ1) is 13.3. The Morgan fingerprint density at radius 1 is 1.39 bits per heavy atom. The Bertz CT molecular complexity index is 539. The van der Waals surface area contributed by atoms with Crippen LogP contribution in [0.3, 0.4) is 0 Å². The van der Waals surface area contributed by atoms with Crippen LogP contribution in [0.5, 0.6) is 0 Å². The topological polar surface area (TPSA) is 30.7 Å². The Morgan fingerprint density at radius 2 is 2.11 bits per heavy atom. The SMILES string of the molecule is CC(Cn1c(CCl)nc2cnccc21)C(C)(C)C. The van der Waals surface area contributed by atoms with Crippen molar-refractivity contribution in [2.45, 2.75) is 40.1 Å². The third-order valence-corrected chi connectivity index (χ3v) is 3.92. The van der Waals surface area contributed by atoms with Gasteiger partial charge in [-0.15, -0.1) is 11.6 Å². The first-order valence-corrected chi connectivity index (χ1v) is 6.82. The van der Waals surface area contributed by atoms with E-state index in [9.17, 15) is 0 Å².